The second-order valence-corrected chi connectivity index (χ2v) is 16.3. The maximum absolute atomic E-state index is 13.5. The maximum atomic E-state index is 13.5. The Morgan fingerprint density at radius 3 is 2.21 bits per heavy atom. The van der Waals surface area contributed by atoms with Gasteiger partial charge in [0, 0.05) is 61.8 Å². The number of anilines is 2. The molecule has 4 aromatic rings. The summed E-state index contributed by atoms with van der Waals surface area (Å²) in [5.74, 6) is 1.44. The molecule has 1 aliphatic carbocycles. The number of imidazole rings is 1. The molecule has 0 radical (unpaired) electrons. The van der Waals surface area contributed by atoms with Crippen molar-refractivity contribution in [2.24, 2.45) is 17.3 Å². The van der Waals surface area contributed by atoms with Crippen molar-refractivity contribution in [2.45, 2.75) is 72.0 Å². The molecule has 13 nitrogen and oxygen atoms in total. The number of carbonyl (C=O) groups is 4. The van der Waals surface area contributed by atoms with Gasteiger partial charge in [-0.25, -0.2) is 14.8 Å². The summed E-state index contributed by atoms with van der Waals surface area (Å²) in [6.07, 6.45) is 5.43. The number of aromatic nitrogens is 3. The van der Waals surface area contributed by atoms with Crippen LogP contribution in [0.5, 0.6) is 0 Å². The number of aromatic amines is 1. The van der Waals surface area contributed by atoms with E-state index < -0.39 is 12.1 Å². The lowest BCUT2D eigenvalue weighted by Crippen LogP contribution is -2.54. The molecule has 7 rings (SSSR count). The number of nitrogens with one attached hydrogen (secondary N) is 3. The third-order valence-corrected chi connectivity index (χ3v) is 11.6. The lowest BCUT2D eigenvalue weighted by atomic mass is 10.0. The van der Waals surface area contributed by atoms with Gasteiger partial charge in [0.25, 0.3) is 5.91 Å². The molecule has 4 atom stereocenters. The average Bonchev–Trinajstić information content (AvgIpc) is 3.54. The number of nitrogens with zero attached hydrogens (tertiary/aromatic N) is 5. The molecule has 2 aromatic heterocycles. The van der Waals surface area contributed by atoms with Gasteiger partial charge < -0.3 is 35.1 Å². The van der Waals surface area contributed by atoms with Crippen LogP contribution in [-0.2, 0) is 14.3 Å². The number of rotatable bonds is 10. The molecule has 3 aliphatic rings. The summed E-state index contributed by atoms with van der Waals surface area (Å²) < 4.78 is 4.75. The quantitative estimate of drug-likeness (QED) is 0.165. The highest BCUT2D eigenvalue weighted by Gasteiger charge is 2.52. The summed E-state index contributed by atoms with van der Waals surface area (Å²) in [6, 6.07) is 18.7. The number of alkyl carbamates (subject to hydrolysis) is 1. The molecule has 3 fully saturated rings. The van der Waals surface area contributed by atoms with E-state index in [-0.39, 0.29) is 47.1 Å². The molecule has 294 valence electrons. The van der Waals surface area contributed by atoms with E-state index in [0.29, 0.717) is 37.4 Å². The first kappa shape index (κ1) is 38.6. The number of amides is 4. The molecule has 4 heterocycles. The zero-order valence-electron chi connectivity index (χ0n) is 33.0. The largest absolute Gasteiger partial charge is 0.453 e. The van der Waals surface area contributed by atoms with Gasteiger partial charge in [-0.3, -0.25) is 14.4 Å². The standard InChI is InChI=1S/C43H52N8O5/c1-26(2)37(48-42(55)56-6)41(54)51-19-7-8-35(51)38-45-24-34(47-38)30-11-9-28(10-12-30)29-13-16-32(17-14-29)46-39(52)31-15-18-36(44-23-31)50-21-20-49(25-27(50)3)40(53)33-22-43(33,4)5/h9-18,23-24,26-27,33,35,37H,7-8,19-22,25H2,1-6H3,(H,45,47)(H,46,52)(H,48,55)/t27-,33+,35-,37-/m0/s1. The minimum absolute atomic E-state index is 0.105. The minimum Gasteiger partial charge on any atom is -0.453 e. The number of piperazine rings is 1. The number of hydrogen-bond donors (Lipinski definition) is 3. The summed E-state index contributed by atoms with van der Waals surface area (Å²) >= 11 is 0. The van der Waals surface area contributed by atoms with Crippen LogP contribution in [0.25, 0.3) is 22.4 Å². The van der Waals surface area contributed by atoms with Crippen LogP contribution in [-0.4, -0.2) is 93.9 Å². The highest BCUT2D eigenvalue weighted by Crippen LogP contribution is 2.52. The Bertz CT molecular complexity index is 2060. The third-order valence-electron chi connectivity index (χ3n) is 11.6. The van der Waals surface area contributed by atoms with Gasteiger partial charge in [0.1, 0.15) is 17.7 Å². The normalized spacial score (nSPS) is 20.8. The number of benzene rings is 2. The van der Waals surface area contributed by atoms with E-state index in [9.17, 15) is 19.2 Å². The first-order valence-corrected chi connectivity index (χ1v) is 19.6. The minimum atomic E-state index is -0.688. The Labute approximate surface area is 328 Å². The van der Waals surface area contributed by atoms with E-state index in [1.54, 1.807) is 17.2 Å². The summed E-state index contributed by atoms with van der Waals surface area (Å²) in [5, 5.41) is 5.67. The first-order valence-electron chi connectivity index (χ1n) is 19.6. The van der Waals surface area contributed by atoms with Gasteiger partial charge in [0.15, 0.2) is 0 Å². The van der Waals surface area contributed by atoms with E-state index in [0.717, 1.165) is 53.3 Å². The zero-order valence-corrected chi connectivity index (χ0v) is 33.0. The van der Waals surface area contributed by atoms with Crippen molar-refractivity contribution < 1.29 is 23.9 Å². The van der Waals surface area contributed by atoms with E-state index in [2.05, 4.69) is 46.3 Å². The Hall–Kier alpha value is -5.72. The van der Waals surface area contributed by atoms with Crippen molar-refractivity contribution in [3.63, 3.8) is 0 Å². The molecule has 2 aliphatic heterocycles. The summed E-state index contributed by atoms with van der Waals surface area (Å²) in [7, 11) is 1.29. The molecular weight excluding hydrogens is 709 g/mol. The topological polar surface area (TPSA) is 153 Å². The number of likely N-dealkylation sites (tertiary alicyclic amines) is 1. The fourth-order valence-corrected chi connectivity index (χ4v) is 7.93. The van der Waals surface area contributed by atoms with Gasteiger partial charge in [-0.05, 0) is 72.9 Å². The van der Waals surface area contributed by atoms with E-state index in [1.807, 2.05) is 79.5 Å². The SMILES string of the molecule is COC(=O)N[C@H](C(=O)N1CCC[C@H]1c1nc(-c2ccc(-c3ccc(NC(=O)c4ccc(N5CCN(C(=O)[C@H]6CC6(C)C)C[C@@H]5C)nc4)cc3)cc2)c[nH]1)C(C)C. The van der Waals surface area contributed by atoms with Crippen LogP contribution in [0.1, 0.15) is 76.1 Å². The Balaban J connectivity index is 0.929. The summed E-state index contributed by atoms with van der Waals surface area (Å²) in [6.45, 7) is 12.9. The Kier molecular flexibility index (Phi) is 10.9. The fraction of sp³-hybridized carbons (Fsp3) is 0.442. The first-order chi connectivity index (χ1) is 26.8. The van der Waals surface area contributed by atoms with Crippen molar-refractivity contribution in [1.82, 2.24) is 30.1 Å². The zero-order chi connectivity index (χ0) is 39.7. The van der Waals surface area contributed by atoms with Crippen LogP contribution in [0.2, 0.25) is 0 Å². The number of methoxy groups -OCH3 is 1. The highest BCUT2D eigenvalue weighted by atomic mass is 16.5. The van der Waals surface area contributed by atoms with Gasteiger partial charge >= 0.3 is 6.09 Å². The van der Waals surface area contributed by atoms with Crippen molar-refractivity contribution in [1.29, 1.82) is 0 Å². The van der Waals surface area contributed by atoms with E-state index in [4.69, 9.17) is 9.72 Å². The number of ether oxygens (including phenoxy) is 1. The predicted molar refractivity (Wildman–Crippen MR) is 215 cm³/mol. The van der Waals surface area contributed by atoms with E-state index >= 15 is 0 Å². The molecule has 56 heavy (non-hydrogen) atoms. The molecule has 3 N–H and O–H groups in total. The van der Waals surface area contributed by atoms with Crippen molar-refractivity contribution in [3.8, 4) is 22.4 Å². The number of H-pyrrole nitrogens is 1. The molecule has 0 spiro atoms. The van der Waals surface area contributed by atoms with Gasteiger partial charge in [-0.15, -0.1) is 0 Å². The van der Waals surface area contributed by atoms with Gasteiger partial charge in [-0.2, -0.15) is 0 Å². The molecule has 4 amide bonds. The van der Waals surface area contributed by atoms with Crippen LogP contribution in [0.3, 0.4) is 0 Å². The monoisotopic (exact) mass is 760 g/mol. The summed E-state index contributed by atoms with van der Waals surface area (Å²) in [4.78, 5) is 70.3. The molecular formula is C43H52N8O5. The van der Waals surface area contributed by atoms with Crippen LogP contribution < -0.4 is 15.5 Å². The van der Waals surface area contributed by atoms with Crippen molar-refractivity contribution in [3.05, 3.63) is 84.4 Å². The Morgan fingerprint density at radius 2 is 1.61 bits per heavy atom. The smallest absolute Gasteiger partial charge is 0.407 e. The van der Waals surface area contributed by atoms with Crippen molar-refractivity contribution >= 4 is 35.3 Å². The maximum Gasteiger partial charge on any atom is 0.407 e. The van der Waals surface area contributed by atoms with Crippen LogP contribution >= 0.6 is 0 Å². The highest BCUT2D eigenvalue weighted by molar-refractivity contribution is 6.04. The van der Waals surface area contributed by atoms with Crippen LogP contribution in [0, 0.1) is 17.3 Å². The molecule has 2 saturated heterocycles. The second kappa shape index (κ2) is 15.8. The van der Waals surface area contributed by atoms with Crippen LogP contribution in [0.15, 0.2) is 73.1 Å². The number of pyridine rings is 1. The predicted octanol–water partition coefficient (Wildman–Crippen LogP) is 6.52. The fourth-order valence-electron chi connectivity index (χ4n) is 7.93. The second-order valence-electron chi connectivity index (χ2n) is 16.3. The molecule has 0 bridgehead atoms. The van der Waals surface area contributed by atoms with Gasteiger partial charge in [0.2, 0.25) is 11.8 Å². The Morgan fingerprint density at radius 1 is 0.929 bits per heavy atom. The van der Waals surface area contributed by atoms with Gasteiger partial charge in [-0.1, -0.05) is 64.1 Å². The third kappa shape index (κ3) is 8.12. The van der Waals surface area contributed by atoms with Crippen molar-refractivity contribution in [2.75, 3.05) is 43.5 Å². The van der Waals surface area contributed by atoms with E-state index in [1.165, 1.54) is 7.11 Å². The van der Waals surface area contributed by atoms with Gasteiger partial charge in [0.05, 0.1) is 24.4 Å². The molecule has 2 aromatic carbocycles. The number of hydrogen-bond acceptors (Lipinski definition) is 8. The van der Waals surface area contributed by atoms with Crippen LogP contribution in [0.4, 0.5) is 16.3 Å². The number of carbonyl (C=O) groups excluding carboxylic acids is 4. The molecule has 1 saturated carbocycles. The summed E-state index contributed by atoms with van der Waals surface area (Å²) in [5.41, 5.74) is 5.00. The average molecular weight is 761 g/mol. The molecule has 0 unspecified atom stereocenters. The lowest BCUT2D eigenvalue weighted by Gasteiger charge is -2.40. The molecule has 13 heteroatoms. The lowest BCUT2D eigenvalue weighted by molar-refractivity contribution is -0.135.